The number of halogens is 1. The molecule has 1 unspecified atom stereocenters. The Kier molecular flexibility index (Phi) is 6.15. The van der Waals surface area contributed by atoms with Crippen molar-refractivity contribution in [1.82, 2.24) is 10.0 Å². The number of hydrogen-bond donors (Lipinski definition) is 3. The van der Waals surface area contributed by atoms with E-state index in [0.717, 1.165) is 13.0 Å². The topological polar surface area (TPSA) is 87.3 Å². The molecule has 118 valence electrons. The van der Waals surface area contributed by atoms with Crippen LogP contribution in [0.4, 0.5) is 5.69 Å². The highest BCUT2D eigenvalue weighted by atomic mass is 35.5. The summed E-state index contributed by atoms with van der Waals surface area (Å²) in [6, 6.07) is 4.86. The van der Waals surface area contributed by atoms with Crippen LogP contribution in [0.25, 0.3) is 0 Å². The number of hydrogen-bond acceptors (Lipinski definition) is 4. The van der Waals surface area contributed by atoms with Gasteiger partial charge in [-0.15, -0.1) is 12.4 Å². The van der Waals surface area contributed by atoms with E-state index in [0.29, 0.717) is 17.8 Å². The molecule has 1 heterocycles. The first-order valence-corrected chi connectivity index (χ1v) is 7.99. The molecule has 0 bridgehead atoms. The van der Waals surface area contributed by atoms with E-state index in [1.165, 1.54) is 13.1 Å². The van der Waals surface area contributed by atoms with Crippen LogP contribution < -0.4 is 15.4 Å². The molecular weight excluding hydrogens is 314 g/mol. The summed E-state index contributed by atoms with van der Waals surface area (Å²) in [4.78, 5) is 12.3. The summed E-state index contributed by atoms with van der Waals surface area (Å²) >= 11 is 0. The molecule has 0 radical (unpaired) electrons. The molecule has 1 aromatic rings. The van der Waals surface area contributed by atoms with Gasteiger partial charge in [-0.25, -0.2) is 13.1 Å². The lowest BCUT2D eigenvalue weighted by molar-refractivity contribution is -0.119. The molecule has 21 heavy (non-hydrogen) atoms. The fourth-order valence-electron chi connectivity index (χ4n) is 2.26. The number of nitrogens with one attached hydrogen (secondary N) is 3. The lowest BCUT2D eigenvalue weighted by Gasteiger charge is -2.14. The Bertz CT molecular complexity index is 613. The highest BCUT2D eigenvalue weighted by Gasteiger charge is 2.24. The van der Waals surface area contributed by atoms with Crippen molar-refractivity contribution in [3.05, 3.63) is 23.8 Å². The van der Waals surface area contributed by atoms with Gasteiger partial charge in [-0.1, -0.05) is 6.07 Å². The Balaban J connectivity index is 0.00000220. The second-order valence-electron chi connectivity index (χ2n) is 4.82. The molecule has 0 aliphatic carbocycles. The Labute approximate surface area is 131 Å². The number of carbonyl (C=O) groups is 1. The number of rotatable bonds is 4. The van der Waals surface area contributed by atoms with Crippen molar-refractivity contribution in [3.8, 4) is 0 Å². The van der Waals surface area contributed by atoms with Gasteiger partial charge in [0.2, 0.25) is 15.9 Å². The molecular formula is C13H20ClN3O3S. The highest BCUT2D eigenvalue weighted by Crippen LogP contribution is 2.23. The van der Waals surface area contributed by atoms with Crippen molar-refractivity contribution in [3.63, 3.8) is 0 Å². The zero-order chi connectivity index (χ0) is 14.8. The second kappa shape index (κ2) is 7.22. The molecule has 2 rings (SSSR count). The number of sulfonamides is 1. The van der Waals surface area contributed by atoms with Gasteiger partial charge in [-0.2, -0.15) is 0 Å². The van der Waals surface area contributed by atoms with Gasteiger partial charge in [0.15, 0.2) is 0 Å². The van der Waals surface area contributed by atoms with Crippen LogP contribution in [0, 0.1) is 12.8 Å². The van der Waals surface area contributed by atoms with Gasteiger partial charge in [0.05, 0.1) is 10.8 Å². The first kappa shape index (κ1) is 17.9. The van der Waals surface area contributed by atoms with Gasteiger partial charge in [0.1, 0.15) is 0 Å². The summed E-state index contributed by atoms with van der Waals surface area (Å²) in [6.07, 6.45) is 0.805. The summed E-state index contributed by atoms with van der Waals surface area (Å²) in [7, 11) is -2.15. The van der Waals surface area contributed by atoms with Gasteiger partial charge in [0, 0.05) is 12.2 Å². The van der Waals surface area contributed by atoms with Crippen LogP contribution in [0.2, 0.25) is 0 Å². The van der Waals surface area contributed by atoms with E-state index >= 15 is 0 Å². The molecule has 0 spiro atoms. The Hall–Kier alpha value is -1.15. The van der Waals surface area contributed by atoms with E-state index in [1.807, 2.05) is 0 Å². The highest BCUT2D eigenvalue weighted by molar-refractivity contribution is 7.89. The lowest BCUT2D eigenvalue weighted by atomic mass is 10.1. The fraction of sp³-hybridized carbons (Fsp3) is 0.462. The average molecular weight is 334 g/mol. The molecule has 1 fully saturated rings. The molecule has 1 amide bonds. The summed E-state index contributed by atoms with van der Waals surface area (Å²) in [5.41, 5.74) is 1.08. The summed E-state index contributed by atoms with van der Waals surface area (Å²) in [6.45, 7) is 3.19. The lowest BCUT2D eigenvalue weighted by Crippen LogP contribution is -2.25. The van der Waals surface area contributed by atoms with Crippen molar-refractivity contribution in [2.75, 3.05) is 25.5 Å². The van der Waals surface area contributed by atoms with Gasteiger partial charge in [-0.3, -0.25) is 4.79 Å². The maximum Gasteiger partial charge on any atom is 0.240 e. The minimum atomic E-state index is -3.52. The molecule has 1 aliphatic heterocycles. The third-order valence-electron chi connectivity index (χ3n) is 3.53. The van der Waals surface area contributed by atoms with E-state index in [1.54, 1.807) is 19.1 Å². The van der Waals surface area contributed by atoms with Crippen molar-refractivity contribution in [2.24, 2.45) is 5.92 Å². The zero-order valence-electron chi connectivity index (χ0n) is 12.0. The van der Waals surface area contributed by atoms with Gasteiger partial charge < -0.3 is 10.6 Å². The molecule has 1 saturated heterocycles. The van der Waals surface area contributed by atoms with Crippen molar-refractivity contribution >= 4 is 34.0 Å². The first-order chi connectivity index (χ1) is 9.45. The van der Waals surface area contributed by atoms with Crippen molar-refractivity contribution in [1.29, 1.82) is 0 Å². The molecule has 1 aromatic carbocycles. The van der Waals surface area contributed by atoms with Crippen LogP contribution in [0.5, 0.6) is 0 Å². The normalized spacial score (nSPS) is 18.1. The second-order valence-corrected chi connectivity index (χ2v) is 6.67. The number of carbonyl (C=O) groups excluding carboxylic acids is 1. The zero-order valence-corrected chi connectivity index (χ0v) is 13.6. The minimum Gasteiger partial charge on any atom is -0.326 e. The van der Waals surface area contributed by atoms with E-state index in [2.05, 4.69) is 15.4 Å². The summed E-state index contributed by atoms with van der Waals surface area (Å²) < 4.78 is 26.0. The molecule has 6 nitrogen and oxygen atoms in total. The third-order valence-corrected chi connectivity index (χ3v) is 5.09. The monoisotopic (exact) mass is 333 g/mol. The van der Waals surface area contributed by atoms with Crippen LogP contribution in [0.1, 0.15) is 12.0 Å². The van der Waals surface area contributed by atoms with Crippen molar-refractivity contribution in [2.45, 2.75) is 18.2 Å². The average Bonchev–Trinajstić information content (AvgIpc) is 2.95. The van der Waals surface area contributed by atoms with Crippen LogP contribution in [-0.2, 0) is 14.8 Å². The fourth-order valence-corrected chi connectivity index (χ4v) is 3.25. The van der Waals surface area contributed by atoms with E-state index in [-0.39, 0.29) is 29.1 Å². The van der Waals surface area contributed by atoms with Crippen LogP contribution in [0.3, 0.4) is 0 Å². The Morgan fingerprint density at radius 3 is 2.67 bits per heavy atom. The largest absolute Gasteiger partial charge is 0.326 e. The predicted octanol–water partition coefficient (Wildman–Crippen LogP) is 0.873. The SMILES string of the molecule is CNS(=O)(=O)c1cccc(NC(=O)C2CCNC2)c1C.Cl. The van der Waals surface area contributed by atoms with Crippen LogP contribution in [0.15, 0.2) is 23.1 Å². The molecule has 0 saturated carbocycles. The minimum absolute atomic E-state index is 0. The van der Waals surface area contributed by atoms with Gasteiger partial charge in [-0.05, 0) is 44.6 Å². The molecule has 3 N–H and O–H groups in total. The maximum absolute atomic E-state index is 12.1. The maximum atomic E-state index is 12.1. The molecule has 0 aromatic heterocycles. The number of benzene rings is 1. The quantitative estimate of drug-likeness (QED) is 0.763. The molecule has 1 aliphatic rings. The Morgan fingerprint density at radius 2 is 2.10 bits per heavy atom. The van der Waals surface area contributed by atoms with E-state index in [9.17, 15) is 13.2 Å². The number of amides is 1. The first-order valence-electron chi connectivity index (χ1n) is 6.50. The van der Waals surface area contributed by atoms with Gasteiger partial charge in [0.25, 0.3) is 0 Å². The molecule has 8 heteroatoms. The number of anilines is 1. The summed E-state index contributed by atoms with van der Waals surface area (Å²) in [5.74, 6) is -0.129. The standard InChI is InChI=1S/C13H19N3O3S.ClH/c1-9-11(16-13(17)10-6-7-15-8-10)4-3-5-12(9)20(18,19)14-2;/h3-5,10,14-15H,6-8H2,1-2H3,(H,16,17);1H. The third kappa shape index (κ3) is 3.94. The smallest absolute Gasteiger partial charge is 0.240 e. The summed E-state index contributed by atoms with van der Waals surface area (Å²) in [5, 5.41) is 5.95. The van der Waals surface area contributed by atoms with E-state index in [4.69, 9.17) is 0 Å². The Morgan fingerprint density at radius 1 is 1.38 bits per heavy atom. The predicted molar refractivity (Wildman–Crippen MR) is 84.3 cm³/mol. The van der Waals surface area contributed by atoms with Gasteiger partial charge >= 0.3 is 0 Å². The van der Waals surface area contributed by atoms with Crippen molar-refractivity contribution < 1.29 is 13.2 Å². The van der Waals surface area contributed by atoms with Crippen LogP contribution in [-0.4, -0.2) is 34.5 Å². The van der Waals surface area contributed by atoms with Crippen LogP contribution >= 0.6 is 12.4 Å². The van der Waals surface area contributed by atoms with E-state index < -0.39 is 10.0 Å². The molecule has 1 atom stereocenters.